The molecular formula is C13H25ClN4. The molecule has 4 nitrogen and oxygen atoms in total. The Labute approximate surface area is 115 Å². The molecule has 0 aliphatic carbocycles. The highest BCUT2D eigenvalue weighted by Crippen LogP contribution is 2.25. The van der Waals surface area contributed by atoms with Crippen molar-refractivity contribution in [2.24, 2.45) is 12.8 Å². The topological polar surface area (TPSA) is 47.1 Å². The van der Waals surface area contributed by atoms with Gasteiger partial charge in [-0.1, -0.05) is 18.5 Å². The van der Waals surface area contributed by atoms with Crippen molar-refractivity contribution >= 4 is 11.6 Å². The SMILES string of the molecule is CCc1nn(C)c(CC(N)C(C)(C)N(C)C)c1Cl. The van der Waals surface area contributed by atoms with Gasteiger partial charge >= 0.3 is 0 Å². The van der Waals surface area contributed by atoms with Gasteiger partial charge in [-0.05, 0) is 34.4 Å². The van der Waals surface area contributed by atoms with E-state index in [1.165, 1.54) is 0 Å². The monoisotopic (exact) mass is 272 g/mol. The minimum atomic E-state index is -0.0834. The smallest absolute Gasteiger partial charge is 0.0850 e. The predicted molar refractivity (Wildman–Crippen MR) is 77.0 cm³/mol. The maximum Gasteiger partial charge on any atom is 0.0850 e. The molecule has 5 heteroatoms. The second kappa shape index (κ2) is 5.59. The van der Waals surface area contributed by atoms with E-state index in [0.29, 0.717) is 0 Å². The van der Waals surface area contributed by atoms with Crippen LogP contribution in [0.4, 0.5) is 0 Å². The number of nitrogens with two attached hydrogens (primary N) is 1. The third-order valence-electron chi connectivity index (χ3n) is 3.98. The summed E-state index contributed by atoms with van der Waals surface area (Å²) in [5.74, 6) is 0. The molecule has 1 unspecified atom stereocenters. The minimum absolute atomic E-state index is 0.00473. The second-order valence-corrected chi connectivity index (χ2v) is 5.92. The Hall–Kier alpha value is -0.580. The molecule has 0 saturated carbocycles. The van der Waals surface area contributed by atoms with Crippen LogP contribution in [0.25, 0.3) is 0 Å². The van der Waals surface area contributed by atoms with Gasteiger partial charge in [-0.3, -0.25) is 4.68 Å². The van der Waals surface area contributed by atoms with Crippen molar-refractivity contribution in [1.29, 1.82) is 0 Å². The lowest BCUT2D eigenvalue weighted by atomic mass is 9.90. The summed E-state index contributed by atoms with van der Waals surface area (Å²) >= 11 is 6.35. The van der Waals surface area contributed by atoms with Crippen molar-refractivity contribution in [3.8, 4) is 0 Å². The van der Waals surface area contributed by atoms with Crippen molar-refractivity contribution in [3.63, 3.8) is 0 Å². The summed E-state index contributed by atoms with van der Waals surface area (Å²) in [6.07, 6.45) is 1.58. The third kappa shape index (κ3) is 2.87. The molecule has 0 radical (unpaired) electrons. The third-order valence-corrected chi connectivity index (χ3v) is 4.41. The quantitative estimate of drug-likeness (QED) is 0.890. The van der Waals surface area contributed by atoms with Gasteiger partial charge in [0, 0.05) is 25.0 Å². The van der Waals surface area contributed by atoms with Crippen molar-refractivity contribution < 1.29 is 0 Å². The standard InChI is InChI=1S/C13H25ClN4/c1-7-9-12(14)10(18(6)16-9)8-11(15)13(2,3)17(4)5/h11H,7-8,15H2,1-6H3. The maximum absolute atomic E-state index is 6.35. The first kappa shape index (κ1) is 15.5. The number of rotatable bonds is 5. The lowest BCUT2D eigenvalue weighted by Crippen LogP contribution is -2.54. The Morgan fingerprint density at radius 2 is 2.00 bits per heavy atom. The zero-order chi connectivity index (χ0) is 14.1. The molecule has 0 spiro atoms. The molecule has 104 valence electrons. The average Bonchev–Trinajstić information content (AvgIpc) is 2.55. The van der Waals surface area contributed by atoms with Crippen LogP contribution < -0.4 is 5.73 Å². The fourth-order valence-corrected chi connectivity index (χ4v) is 2.20. The van der Waals surface area contributed by atoms with Gasteiger partial charge < -0.3 is 10.6 Å². The van der Waals surface area contributed by atoms with E-state index in [1.54, 1.807) is 0 Å². The zero-order valence-electron chi connectivity index (χ0n) is 12.3. The van der Waals surface area contributed by atoms with Gasteiger partial charge in [-0.15, -0.1) is 0 Å². The Balaban J connectivity index is 2.95. The molecule has 0 bridgehead atoms. The molecule has 1 atom stereocenters. The van der Waals surface area contributed by atoms with E-state index in [9.17, 15) is 0 Å². The first-order valence-corrected chi connectivity index (χ1v) is 6.72. The molecule has 0 saturated heterocycles. The lowest BCUT2D eigenvalue weighted by molar-refractivity contribution is 0.157. The van der Waals surface area contributed by atoms with E-state index in [-0.39, 0.29) is 11.6 Å². The van der Waals surface area contributed by atoms with Gasteiger partial charge in [-0.2, -0.15) is 5.10 Å². The number of aromatic nitrogens is 2. The molecule has 0 amide bonds. The highest BCUT2D eigenvalue weighted by Gasteiger charge is 2.30. The lowest BCUT2D eigenvalue weighted by Gasteiger charge is -2.38. The maximum atomic E-state index is 6.35. The highest BCUT2D eigenvalue weighted by atomic mass is 35.5. The van der Waals surface area contributed by atoms with Gasteiger partial charge in [0.25, 0.3) is 0 Å². The summed E-state index contributed by atoms with van der Waals surface area (Å²) in [4.78, 5) is 2.14. The fraction of sp³-hybridized carbons (Fsp3) is 0.769. The van der Waals surface area contributed by atoms with E-state index in [2.05, 4.69) is 30.8 Å². The molecule has 1 heterocycles. The van der Waals surface area contributed by atoms with Crippen LogP contribution in [0.2, 0.25) is 5.02 Å². The molecule has 1 aromatic heterocycles. The average molecular weight is 273 g/mol. The Bertz CT molecular complexity index is 409. The Morgan fingerprint density at radius 3 is 2.39 bits per heavy atom. The Morgan fingerprint density at radius 1 is 1.44 bits per heavy atom. The molecular weight excluding hydrogens is 248 g/mol. The molecule has 0 aliphatic rings. The van der Waals surface area contributed by atoms with Crippen molar-refractivity contribution in [3.05, 3.63) is 16.4 Å². The molecule has 1 rings (SSSR count). The number of hydrogen-bond acceptors (Lipinski definition) is 3. The van der Waals surface area contributed by atoms with E-state index in [4.69, 9.17) is 17.3 Å². The van der Waals surface area contributed by atoms with Crippen LogP contribution in [0, 0.1) is 0 Å². The van der Waals surface area contributed by atoms with Gasteiger partial charge in [0.1, 0.15) is 0 Å². The molecule has 0 fully saturated rings. The summed E-state index contributed by atoms with van der Waals surface area (Å²) in [6, 6.07) is 0.00473. The van der Waals surface area contributed by atoms with E-state index >= 15 is 0 Å². The van der Waals surface area contributed by atoms with Crippen LogP contribution >= 0.6 is 11.6 Å². The Kier molecular flexibility index (Phi) is 4.81. The first-order chi connectivity index (χ1) is 8.21. The first-order valence-electron chi connectivity index (χ1n) is 6.35. The summed E-state index contributed by atoms with van der Waals surface area (Å²) in [5, 5.41) is 5.19. The fourth-order valence-electron chi connectivity index (χ4n) is 1.83. The molecule has 18 heavy (non-hydrogen) atoms. The van der Waals surface area contributed by atoms with Gasteiger partial charge in [0.05, 0.1) is 16.4 Å². The molecule has 0 aliphatic heterocycles. The largest absolute Gasteiger partial charge is 0.326 e. The number of halogens is 1. The molecule has 1 aromatic rings. The van der Waals surface area contributed by atoms with Gasteiger partial charge in [0.2, 0.25) is 0 Å². The van der Waals surface area contributed by atoms with Crippen molar-refractivity contribution in [2.45, 2.75) is 45.2 Å². The zero-order valence-corrected chi connectivity index (χ0v) is 13.0. The van der Waals surface area contributed by atoms with Crippen LogP contribution in [-0.4, -0.2) is 40.4 Å². The summed E-state index contributed by atoms with van der Waals surface area (Å²) in [6.45, 7) is 6.34. The summed E-state index contributed by atoms with van der Waals surface area (Å²) < 4.78 is 1.85. The van der Waals surface area contributed by atoms with Gasteiger partial charge in [0.15, 0.2) is 0 Å². The summed E-state index contributed by atoms with van der Waals surface area (Å²) in [7, 11) is 6.01. The van der Waals surface area contributed by atoms with Crippen LogP contribution in [0.5, 0.6) is 0 Å². The van der Waals surface area contributed by atoms with E-state index < -0.39 is 0 Å². The minimum Gasteiger partial charge on any atom is -0.326 e. The number of hydrogen-bond donors (Lipinski definition) is 1. The van der Waals surface area contributed by atoms with E-state index in [0.717, 1.165) is 29.3 Å². The van der Waals surface area contributed by atoms with Crippen molar-refractivity contribution in [2.75, 3.05) is 14.1 Å². The van der Waals surface area contributed by atoms with Gasteiger partial charge in [-0.25, -0.2) is 0 Å². The predicted octanol–water partition coefficient (Wildman–Crippen LogP) is 1.85. The summed E-state index contributed by atoms with van der Waals surface area (Å²) in [5.41, 5.74) is 8.22. The normalized spacial score (nSPS) is 14.3. The van der Waals surface area contributed by atoms with Crippen LogP contribution in [0.1, 0.15) is 32.2 Å². The highest BCUT2D eigenvalue weighted by molar-refractivity contribution is 6.31. The van der Waals surface area contributed by atoms with Crippen LogP contribution in [0.15, 0.2) is 0 Å². The van der Waals surface area contributed by atoms with Crippen molar-refractivity contribution in [1.82, 2.24) is 14.7 Å². The molecule has 0 aromatic carbocycles. The molecule has 2 N–H and O–H groups in total. The van der Waals surface area contributed by atoms with E-state index in [1.807, 2.05) is 25.8 Å². The number of aryl methyl sites for hydroxylation is 2. The number of nitrogens with zero attached hydrogens (tertiary/aromatic N) is 3. The van der Waals surface area contributed by atoms with Crippen LogP contribution in [-0.2, 0) is 19.9 Å². The van der Waals surface area contributed by atoms with Crippen LogP contribution in [0.3, 0.4) is 0 Å². The number of likely N-dealkylation sites (N-methyl/N-ethyl adjacent to an activating group) is 1. The second-order valence-electron chi connectivity index (χ2n) is 5.54.